The Balaban J connectivity index is 3.39. The third-order valence-electron chi connectivity index (χ3n) is 1.43. The van der Waals surface area contributed by atoms with Crippen LogP contribution in [0.4, 0.5) is 0 Å². The Hall–Kier alpha value is -0.710. The van der Waals surface area contributed by atoms with E-state index < -0.39 is 0 Å². The Morgan fingerprint density at radius 2 is 2.00 bits per heavy atom. The SMILES string of the molecule is Cc1c(Cl)cc(Cl)cc1C#N. The summed E-state index contributed by atoms with van der Waals surface area (Å²) in [6.45, 7) is 1.79. The molecule has 1 rings (SSSR count). The fourth-order valence-electron chi connectivity index (χ4n) is 0.762. The van der Waals surface area contributed by atoms with Gasteiger partial charge in [0.05, 0.1) is 11.6 Å². The van der Waals surface area contributed by atoms with E-state index in [4.69, 9.17) is 28.5 Å². The van der Waals surface area contributed by atoms with Gasteiger partial charge in [0.15, 0.2) is 0 Å². The van der Waals surface area contributed by atoms with Crippen molar-refractivity contribution in [2.75, 3.05) is 0 Å². The predicted octanol–water partition coefficient (Wildman–Crippen LogP) is 3.17. The molecule has 3 heteroatoms. The molecule has 0 heterocycles. The Kier molecular flexibility index (Phi) is 2.38. The second-order valence-corrected chi connectivity index (χ2v) is 3.02. The Labute approximate surface area is 75.2 Å². The van der Waals surface area contributed by atoms with Crippen molar-refractivity contribution in [1.82, 2.24) is 0 Å². The monoisotopic (exact) mass is 185 g/mol. The molecule has 0 aliphatic heterocycles. The second kappa shape index (κ2) is 3.13. The van der Waals surface area contributed by atoms with E-state index in [-0.39, 0.29) is 0 Å². The summed E-state index contributed by atoms with van der Waals surface area (Å²) in [5, 5.41) is 9.63. The van der Waals surface area contributed by atoms with Gasteiger partial charge in [-0.2, -0.15) is 5.26 Å². The molecule has 0 aromatic heterocycles. The molecule has 11 heavy (non-hydrogen) atoms. The number of benzene rings is 1. The van der Waals surface area contributed by atoms with Crippen LogP contribution in [0.15, 0.2) is 12.1 Å². The summed E-state index contributed by atoms with van der Waals surface area (Å²) in [7, 11) is 0. The lowest BCUT2D eigenvalue weighted by molar-refractivity contribution is 1.39. The molecule has 1 nitrogen and oxygen atoms in total. The minimum absolute atomic E-state index is 0.497. The Morgan fingerprint density at radius 1 is 1.36 bits per heavy atom. The zero-order chi connectivity index (χ0) is 8.43. The van der Waals surface area contributed by atoms with Crippen molar-refractivity contribution in [2.24, 2.45) is 0 Å². The number of nitrogens with zero attached hydrogens (tertiary/aromatic N) is 1. The molecule has 1 aromatic rings. The topological polar surface area (TPSA) is 23.8 Å². The van der Waals surface area contributed by atoms with Gasteiger partial charge in [0.2, 0.25) is 0 Å². The zero-order valence-electron chi connectivity index (χ0n) is 5.86. The molecule has 0 aliphatic carbocycles. The van der Waals surface area contributed by atoms with E-state index in [2.05, 4.69) is 0 Å². The summed E-state index contributed by atoms with van der Waals surface area (Å²) in [4.78, 5) is 0. The smallest absolute Gasteiger partial charge is 0.0995 e. The lowest BCUT2D eigenvalue weighted by Crippen LogP contribution is -1.82. The maximum atomic E-state index is 8.60. The molecule has 0 saturated heterocycles. The standard InChI is InChI=1S/C8H5Cl2N/c1-5-6(4-11)2-7(9)3-8(5)10/h2-3H,1H3. The summed E-state index contributed by atoms with van der Waals surface area (Å²) < 4.78 is 0. The fourth-order valence-corrected chi connectivity index (χ4v) is 1.26. The summed E-state index contributed by atoms with van der Waals surface area (Å²) in [5.74, 6) is 0. The van der Waals surface area contributed by atoms with Crippen LogP contribution in [-0.2, 0) is 0 Å². The summed E-state index contributed by atoms with van der Waals surface area (Å²) in [5.41, 5.74) is 1.31. The van der Waals surface area contributed by atoms with E-state index in [1.54, 1.807) is 19.1 Å². The Morgan fingerprint density at radius 3 is 2.55 bits per heavy atom. The highest BCUT2D eigenvalue weighted by atomic mass is 35.5. The first kappa shape index (κ1) is 8.39. The highest BCUT2D eigenvalue weighted by Gasteiger charge is 2.02. The van der Waals surface area contributed by atoms with Crippen LogP contribution >= 0.6 is 23.2 Å². The van der Waals surface area contributed by atoms with Crippen LogP contribution in [-0.4, -0.2) is 0 Å². The van der Waals surface area contributed by atoms with Gasteiger partial charge in [-0.1, -0.05) is 23.2 Å². The molecular weight excluding hydrogens is 181 g/mol. The van der Waals surface area contributed by atoms with Crippen LogP contribution in [0.2, 0.25) is 10.0 Å². The van der Waals surface area contributed by atoms with Crippen molar-refractivity contribution in [2.45, 2.75) is 6.92 Å². The molecule has 0 radical (unpaired) electrons. The van der Waals surface area contributed by atoms with Crippen LogP contribution in [0.5, 0.6) is 0 Å². The molecular formula is C8H5Cl2N. The zero-order valence-corrected chi connectivity index (χ0v) is 7.37. The molecule has 0 N–H and O–H groups in total. The second-order valence-electron chi connectivity index (χ2n) is 2.17. The average Bonchev–Trinajstić information content (AvgIpc) is 1.96. The molecule has 0 bridgehead atoms. The van der Waals surface area contributed by atoms with Crippen molar-refractivity contribution in [1.29, 1.82) is 5.26 Å². The van der Waals surface area contributed by atoms with Crippen LogP contribution in [0, 0.1) is 18.3 Å². The highest BCUT2D eigenvalue weighted by molar-refractivity contribution is 6.35. The fraction of sp³-hybridized carbons (Fsp3) is 0.125. The van der Waals surface area contributed by atoms with Crippen LogP contribution in [0.3, 0.4) is 0 Å². The van der Waals surface area contributed by atoms with Crippen molar-refractivity contribution in [3.05, 3.63) is 33.3 Å². The number of rotatable bonds is 0. The molecule has 0 fully saturated rings. The van der Waals surface area contributed by atoms with Gasteiger partial charge in [-0.05, 0) is 24.6 Å². The van der Waals surface area contributed by atoms with Crippen molar-refractivity contribution in [3.8, 4) is 6.07 Å². The van der Waals surface area contributed by atoms with Crippen LogP contribution in [0.1, 0.15) is 11.1 Å². The van der Waals surface area contributed by atoms with Gasteiger partial charge in [-0.3, -0.25) is 0 Å². The van der Waals surface area contributed by atoms with Crippen molar-refractivity contribution < 1.29 is 0 Å². The van der Waals surface area contributed by atoms with E-state index in [1.165, 1.54) is 0 Å². The summed E-state index contributed by atoms with van der Waals surface area (Å²) in [6, 6.07) is 5.23. The first-order valence-electron chi connectivity index (χ1n) is 3.01. The van der Waals surface area contributed by atoms with Gasteiger partial charge in [0.25, 0.3) is 0 Å². The third kappa shape index (κ3) is 1.65. The lowest BCUT2D eigenvalue weighted by atomic mass is 10.1. The van der Waals surface area contributed by atoms with Gasteiger partial charge < -0.3 is 0 Å². The van der Waals surface area contributed by atoms with E-state index in [0.29, 0.717) is 15.6 Å². The molecule has 0 amide bonds. The number of hydrogen-bond acceptors (Lipinski definition) is 1. The quantitative estimate of drug-likeness (QED) is 0.610. The molecule has 56 valence electrons. The van der Waals surface area contributed by atoms with Gasteiger partial charge in [0, 0.05) is 10.0 Å². The molecule has 0 spiro atoms. The van der Waals surface area contributed by atoms with Gasteiger partial charge in [0.1, 0.15) is 0 Å². The predicted molar refractivity (Wildman–Crippen MR) is 45.9 cm³/mol. The first-order valence-corrected chi connectivity index (χ1v) is 3.76. The van der Waals surface area contributed by atoms with Gasteiger partial charge in [-0.15, -0.1) is 0 Å². The minimum atomic E-state index is 0.497. The number of halogens is 2. The van der Waals surface area contributed by atoms with Crippen LogP contribution < -0.4 is 0 Å². The van der Waals surface area contributed by atoms with E-state index >= 15 is 0 Å². The molecule has 0 atom stereocenters. The van der Waals surface area contributed by atoms with Gasteiger partial charge in [-0.25, -0.2) is 0 Å². The summed E-state index contributed by atoms with van der Waals surface area (Å²) >= 11 is 11.4. The van der Waals surface area contributed by atoms with Crippen molar-refractivity contribution >= 4 is 23.2 Å². The van der Waals surface area contributed by atoms with Gasteiger partial charge >= 0.3 is 0 Å². The van der Waals surface area contributed by atoms with E-state index in [1.807, 2.05) is 6.07 Å². The maximum Gasteiger partial charge on any atom is 0.0995 e. The minimum Gasteiger partial charge on any atom is -0.192 e. The number of nitriles is 1. The largest absolute Gasteiger partial charge is 0.192 e. The maximum absolute atomic E-state index is 8.60. The van der Waals surface area contributed by atoms with E-state index in [9.17, 15) is 0 Å². The van der Waals surface area contributed by atoms with E-state index in [0.717, 1.165) is 5.56 Å². The number of hydrogen-bond donors (Lipinski definition) is 0. The molecule has 1 aromatic carbocycles. The molecule has 0 unspecified atom stereocenters. The first-order chi connectivity index (χ1) is 5.15. The molecule has 0 saturated carbocycles. The third-order valence-corrected chi connectivity index (χ3v) is 2.04. The summed E-state index contributed by atoms with van der Waals surface area (Å²) in [6.07, 6.45) is 0. The Bertz CT molecular complexity index is 326. The highest BCUT2D eigenvalue weighted by Crippen LogP contribution is 2.23. The normalized spacial score (nSPS) is 9.27. The average molecular weight is 186 g/mol. The molecule has 0 aliphatic rings. The van der Waals surface area contributed by atoms with Crippen molar-refractivity contribution in [3.63, 3.8) is 0 Å². The lowest BCUT2D eigenvalue weighted by Gasteiger charge is -1.99. The van der Waals surface area contributed by atoms with Crippen LogP contribution in [0.25, 0.3) is 0 Å².